The van der Waals surface area contributed by atoms with Gasteiger partial charge in [-0.25, -0.2) is 12.7 Å². The van der Waals surface area contributed by atoms with Crippen molar-refractivity contribution in [1.82, 2.24) is 19.1 Å². The van der Waals surface area contributed by atoms with E-state index in [1.807, 2.05) is 42.8 Å². The third-order valence-corrected chi connectivity index (χ3v) is 8.15. The van der Waals surface area contributed by atoms with Gasteiger partial charge in [-0.05, 0) is 30.7 Å². The zero-order chi connectivity index (χ0) is 19.1. The minimum atomic E-state index is -3.36. The van der Waals surface area contributed by atoms with E-state index in [9.17, 15) is 8.42 Å². The zero-order valence-corrected chi connectivity index (χ0v) is 17.0. The summed E-state index contributed by atoms with van der Waals surface area (Å²) >= 11 is 0. The Hall–Kier alpha value is -1.73. The lowest BCUT2D eigenvalue weighted by Gasteiger charge is -2.37. The topological polar surface area (TPSA) is 68.1 Å². The van der Waals surface area contributed by atoms with E-state index in [0.29, 0.717) is 13.1 Å². The fourth-order valence-electron chi connectivity index (χ4n) is 4.85. The molecule has 2 fully saturated rings. The van der Waals surface area contributed by atoms with Gasteiger partial charge < -0.3 is 4.57 Å². The minimum Gasteiger partial charge on any atom is -0.320 e. The Kier molecular flexibility index (Phi) is 4.84. The zero-order valence-electron chi connectivity index (χ0n) is 16.1. The highest BCUT2D eigenvalue weighted by Crippen LogP contribution is 2.52. The maximum atomic E-state index is 13.2. The van der Waals surface area contributed by atoms with Crippen molar-refractivity contribution in [3.63, 3.8) is 0 Å². The van der Waals surface area contributed by atoms with E-state index < -0.39 is 10.0 Å². The number of sulfonamides is 1. The van der Waals surface area contributed by atoms with E-state index in [1.165, 1.54) is 19.3 Å². The van der Waals surface area contributed by atoms with Crippen molar-refractivity contribution in [2.24, 2.45) is 12.5 Å². The summed E-state index contributed by atoms with van der Waals surface area (Å²) in [6.07, 6.45) is 7.43. The highest BCUT2D eigenvalue weighted by atomic mass is 32.2. The molecule has 1 aromatic heterocycles. The summed E-state index contributed by atoms with van der Waals surface area (Å²) in [4.78, 5) is 0. The second-order valence-electron chi connectivity index (χ2n) is 8.31. The van der Waals surface area contributed by atoms with Crippen LogP contribution in [0.25, 0.3) is 0 Å². The molecule has 0 amide bonds. The smallest absolute Gasteiger partial charge is 0.218 e. The molecule has 0 radical (unpaired) electrons. The number of hydrogen-bond acceptors (Lipinski definition) is 4. The van der Waals surface area contributed by atoms with Crippen LogP contribution in [0.15, 0.2) is 30.6 Å². The number of benzene rings is 1. The van der Waals surface area contributed by atoms with Gasteiger partial charge in [-0.15, -0.1) is 10.2 Å². The van der Waals surface area contributed by atoms with Gasteiger partial charge in [-0.1, -0.05) is 49.1 Å². The van der Waals surface area contributed by atoms with Crippen molar-refractivity contribution >= 4 is 10.0 Å². The van der Waals surface area contributed by atoms with Crippen LogP contribution in [0, 0.1) is 12.3 Å². The fraction of sp³-hybridized carbons (Fsp3) is 0.600. The van der Waals surface area contributed by atoms with Gasteiger partial charge in [0, 0.05) is 26.1 Å². The van der Waals surface area contributed by atoms with Crippen molar-refractivity contribution in [1.29, 1.82) is 0 Å². The summed E-state index contributed by atoms with van der Waals surface area (Å²) in [5, 5.41) is 8.40. The lowest BCUT2D eigenvalue weighted by Crippen LogP contribution is -2.35. The predicted octanol–water partition coefficient (Wildman–Crippen LogP) is 3.00. The van der Waals surface area contributed by atoms with Crippen LogP contribution in [0.3, 0.4) is 0 Å². The van der Waals surface area contributed by atoms with E-state index in [-0.39, 0.29) is 17.1 Å². The normalized spacial score (nSPS) is 23.1. The standard InChI is InChI=1S/C20H28N4O2S/c1-16-6-8-17(9-7-16)13-27(25,26)24-12-18(19-22-21-15-23(19)2)20(14-24)10-4-3-5-11-20/h6-9,15,18H,3-5,10-14H2,1-2H3. The van der Waals surface area contributed by atoms with E-state index in [4.69, 9.17) is 0 Å². The molecule has 1 spiro atoms. The van der Waals surface area contributed by atoms with Crippen molar-refractivity contribution in [2.75, 3.05) is 13.1 Å². The van der Waals surface area contributed by atoms with Crippen LogP contribution in [0.5, 0.6) is 0 Å². The second-order valence-corrected chi connectivity index (χ2v) is 10.3. The average Bonchev–Trinajstić information content (AvgIpc) is 3.21. The molecule has 2 heterocycles. The molecule has 1 saturated carbocycles. The van der Waals surface area contributed by atoms with Crippen LogP contribution in [0.4, 0.5) is 0 Å². The lowest BCUT2D eigenvalue weighted by molar-refractivity contribution is 0.177. The van der Waals surface area contributed by atoms with Crippen molar-refractivity contribution in [3.05, 3.63) is 47.5 Å². The quantitative estimate of drug-likeness (QED) is 0.807. The number of aryl methyl sites for hydroxylation is 2. The van der Waals surface area contributed by atoms with Gasteiger partial charge in [0.25, 0.3) is 0 Å². The van der Waals surface area contributed by atoms with Gasteiger partial charge in [0.2, 0.25) is 10.0 Å². The van der Waals surface area contributed by atoms with Crippen LogP contribution in [0.1, 0.15) is 55.0 Å². The Morgan fingerprint density at radius 2 is 1.85 bits per heavy atom. The maximum absolute atomic E-state index is 13.2. The Bertz CT molecular complexity index is 898. The number of aromatic nitrogens is 3. The molecule has 1 aromatic carbocycles. The first-order chi connectivity index (χ1) is 12.9. The SMILES string of the molecule is Cc1ccc(CS(=O)(=O)N2CC(c3nncn3C)C3(CCCCC3)C2)cc1. The summed E-state index contributed by atoms with van der Waals surface area (Å²) in [5.74, 6) is 1.11. The monoisotopic (exact) mass is 388 g/mol. The second kappa shape index (κ2) is 7.02. The maximum Gasteiger partial charge on any atom is 0.218 e. The summed E-state index contributed by atoms with van der Waals surface area (Å²) < 4.78 is 30.1. The molecule has 27 heavy (non-hydrogen) atoms. The van der Waals surface area contributed by atoms with Gasteiger partial charge in [0.1, 0.15) is 12.2 Å². The first-order valence-electron chi connectivity index (χ1n) is 9.77. The Labute approximate surface area is 161 Å². The predicted molar refractivity (Wildman–Crippen MR) is 105 cm³/mol. The molecule has 1 aliphatic carbocycles. The van der Waals surface area contributed by atoms with Gasteiger partial charge in [0.15, 0.2) is 0 Å². The highest BCUT2D eigenvalue weighted by molar-refractivity contribution is 7.88. The van der Waals surface area contributed by atoms with Crippen LogP contribution in [-0.2, 0) is 22.8 Å². The summed E-state index contributed by atoms with van der Waals surface area (Å²) in [6, 6.07) is 7.78. The molecule has 1 unspecified atom stereocenters. The van der Waals surface area contributed by atoms with Crippen LogP contribution in [0.2, 0.25) is 0 Å². The van der Waals surface area contributed by atoms with Gasteiger partial charge in [-0.3, -0.25) is 0 Å². The fourth-order valence-corrected chi connectivity index (χ4v) is 6.47. The van der Waals surface area contributed by atoms with Gasteiger partial charge in [-0.2, -0.15) is 0 Å². The molecule has 2 aromatic rings. The molecule has 7 heteroatoms. The molecule has 0 N–H and O–H groups in total. The summed E-state index contributed by atoms with van der Waals surface area (Å²) in [6.45, 7) is 3.14. The Balaban J connectivity index is 1.62. The molecule has 1 aliphatic heterocycles. The number of rotatable bonds is 4. The molecular weight excluding hydrogens is 360 g/mol. The average molecular weight is 389 g/mol. The van der Waals surface area contributed by atoms with Crippen molar-refractivity contribution in [2.45, 2.75) is 50.7 Å². The Morgan fingerprint density at radius 1 is 1.15 bits per heavy atom. The van der Waals surface area contributed by atoms with E-state index in [1.54, 1.807) is 10.6 Å². The third-order valence-electron chi connectivity index (χ3n) is 6.39. The van der Waals surface area contributed by atoms with Crippen LogP contribution < -0.4 is 0 Å². The largest absolute Gasteiger partial charge is 0.320 e. The molecule has 146 valence electrons. The third kappa shape index (κ3) is 3.55. The molecule has 6 nitrogen and oxygen atoms in total. The number of nitrogens with zero attached hydrogens (tertiary/aromatic N) is 4. The van der Waals surface area contributed by atoms with Crippen molar-refractivity contribution < 1.29 is 8.42 Å². The highest BCUT2D eigenvalue weighted by Gasteiger charge is 2.51. The van der Waals surface area contributed by atoms with E-state index in [0.717, 1.165) is 29.8 Å². The van der Waals surface area contributed by atoms with Crippen molar-refractivity contribution in [3.8, 4) is 0 Å². The molecule has 1 atom stereocenters. The summed E-state index contributed by atoms with van der Waals surface area (Å²) in [7, 11) is -1.41. The lowest BCUT2D eigenvalue weighted by atomic mass is 9.67. The first kappa shape index (κ1) is 18.6. The molecule has 1 saturated heterocycles. The van der Waals surface area contributed by atoms with Gasteiger partial charge in [0.05, 0.1) is 5.75 Å². The van der Waals surface area contributed by atoms with Crippen LogP contribution >= 0.6 is 0 Å². The summed E-state index contributed by atoms with van der Waals surface area (Å²) in [5.41, 5.74) is 1.99. The van der Waals surface area contributed by atoms with Gasteiger partial charge >= 0.3 is 0 Å². The van der Waals surface area contributed by atoms with E-state index in [2.05, 4.69) is 10.2 Å². The molecule has 0 bridgehead atoms. The molecule has 2 aliphatic rings. The first-order valence-corrected chi connectivity index (χ1v) is 11.4. The minimum absolute atomic E-state index is 0.000606. The number of hydrogen-bond donors (Lipinski definition) is 0. The van der Waals surface area contributed by atoms with Crippen LogP contribution in [-0.4, -0.2) is 40.6 Å². The molecule has 4 rings (SSSR count). The Morgan fingerprint density at radius 3 is 2.48 bits per heavy atom. The molecular formula is C20H28N4O2S. The van der Waals surface area contributed by atoms with E-state index >= 15 is 0 Å².